The number of benzene rings is 3. The number of hydrogen-bond donors (Lipinski definition) is 0. The van der Waals surface area contributed by atoms with E-state index in [-0.39, 0.29) is 18.3 Å². The van der Waals surface area contributed by atoms with Crippen LogP contribution in [-0.4, -0.2) is 33.5 Å². The molecule has 172 valence electrons. The Morgan fingerprint density at radius 2 is 1.53 bits per heavy atom. The number of rotatable bonds is 7. The Morgan fingerprint density at radius 3 is 2.18 bits per heavy atom. The van der Waals surface area contributed by atoms with E-state index < -0.39 is 0 Å². The molecule has 4 aromatic rings. The van der Waals surface area contributed by atoms with Crippen LogP contribution in [0.1, 0.15) is 5.82 Å². The first-order valence-electron chi connectivity index (χ1n) is 10.6. The van der Waals surface area contributed by atoms with Crippen molar-refractivity contribution in [3.8, 4) is 11.5 Å². The number of nitrogens with zero attached hydrogens (tertiary/aromatic N) is 4. The monoisotopic (exact) mass is 490 g/mol. The number of fused-ring (bicyclic) bond motifs is 2. The lowest BCUT2D eigenvalue weighted by Crippen LogP contribution is -2.30. The SMILES string of the molecule is COc1ccc(OCc2nnc(SCC(=O)N3c4ccccc4Sc4ccccc43)n2C)cc1. The third-order valence-electron chi connectivity index (χ3n) is 5.36. The maximum absolute atomic E-state index is 13.4. The Bertz CT molecular complexity index is 1280. The summed E-state index contributed by atoms with van der Waals surface area (Å²) >= 11 is 3.05. The molecule has 3 aromatic carbocycles. The molecule has 0 unspecified atom stereocenters. The summed E-state index contributed by atoms with van der Waals surface area (Å²) in [4.78, 5) is 17.3. The Morgan fingerprint density at radius 1 is 0.912 bits per heavy atom. The number of hydrogen-bond acceptors (Lipinski definition) is 7. The van der Waals surface area contributed by atoms with Gasteiger partial charge < -0.3 is 14.0 Å². The molecule has 1 amide bonds. The van der Waals surface area contributed by atoms with Crippen LogP contribution in [0.15, 0.2) is 87.7 Å². The van der Waals surface area contributed by atoms with E-state index in [2.05, 4.69) is 10.2 Å². The highest BCUT2D eigenvalue weighted by atomic mass is 32.2. The first kappa shape index (κ1) is 22.4. The van der Waals surface area contributed by atoms with Crippen LogP contribution in [0.2, 0.25) is 0 Å². The quantitative estimate of drug-likeness (QED) is 0.325. The van der Waals surface area contributed by atoms with E-state index in [1.807, 2.05) is 84.4 Å². The van der Waals surface area contributed by atoms with Crippen molar-refractivity contribution in [2.24, 2.45) is 7.05 Å². The van der Waals surface area contributed by atoms with E-state index in [9.17, 15) is 4.79 Å². The lowest BCUT2D eigenvalue weighted by molar-refractivity contribution is -0.115. The number of carbonyl (C=O) groups is 1. The normalized spacial score (nSPS) is 12.1. The van der Waals surface area contributed by atoms with Crippen LogP contribution in [0.3, 0.4) is 0 Å². The summed E-state index contributed by atoms with van der Waals surface area (Å²) in [6.07, 6.45) is 0. The van der Waals surface area contributed by atoms with Gasteiger partial charge in [0, 0.05) is 16.8 Å². The molecule has 0 spiro atoms. The van der Waals surface area contributed by atoms with E-state index in [1.165, 1.54) is 11.8 Å². The van der Waals surface area contributed by atoms with Crippen LogP contribution in [0, 0.1) is 0 Å². The van der Waals surface area contributed by atoms with Crippen molar-refractivity contribution in [2.75, 3.05) is 17.8 Å². The van der Waals surface area contributed by atoms with Crippen molar-refractivity contribution in [3.05, 3.63) is 78.6 Å². The van der Waals surface area contributed by atoms with Crippen molar-refractivity contribution in [2.45, 2.75) is 21.6 Å². The van der Waals surface area contributed by atoms with Gasteiger partial charge in [-0.15, -0.1) is 10.2 Å². The maximum atomic E-state index is 13.4. The zero-order valence-corrected chi connectivity index (χ0v) is 20.3. The fraction of sp³-hybridized carbons (Fsp3) is 0.160. The minimum Gasteiger partial charge on any atom is -0.497 e. The Kier molecular flexibility index (Phi) is 6.46. The number of aromatic nitrogens is 3. The third-order valence-corrected chi connectivity index (χ3v) is 7.49. The topological polar surface area (TPSA) is 69.5 Å². The van der Waals surface area contributed by atoms with E-state index in [4.69, 9.17) is 9.47 Å². The second-order valence-corrected chi connectivity index (χ2v) is 9.50. The molecule has 0 fully saturated rings. The predicted octanol–water partition coefficient (Wildman–Crippen LogP) is 5.32. The van der Waals surface area contributed by atoms with Gasteiger partial charge in [-0.2, -0.15) is 0 Å². The van der Waals surface area contributed by atoms with Gasteiger partial charge in [-0.25, -0.2) is 0 Å². The molecule has 1 aromatic heterocycles. The molecule has 34 heavy (non-hydrogen) atoms. The number of para-hydroxylation sites is 2. The van der Waals surface area contributed by atoms with E-state index in [1.54, 1.807) is 23.8 Å². The van der Waals surface area contributed by atoms with Gasteiger partial charge in [0.05, 0.1) is 24.2 Å². The minimum atomic E-state index is -0.00997. The summed E-state index contributed by atoms with van der Waals surface area (Å²) in [6.45, 7) is 0.272. The van der Waals surface area contributed by atoms with Crippen LogP contribution in [-0.2, 0) is 18.4 Å². The number of anilines is 2. The van der Waals surface area contributed by atoms with Gasteiger partial charge in [0.1, 0.15) is 18.1 Å². The minimum absolute atomic E-state index is 0.00997. The molecule has 0 atom stereocenters. The smallest absolute Gasteiger partial charge is 0.242 e. The summed E-state index contributed by atoms with van der Waals surface area (Å²) in [5.41, 5.74) is 1.81. The fourth-order valence-electron chi connectivity index (χ4n) is 3.58. The van der Waals surface area contributed by atoms with Crippen LogP contribution in [0.4, 0.5) is 11.4 Å². The fourth-order valence-corrected chi connectivity index (χ4v) is 5.42. The zero-order chi connectivity index (χ0) is 23.5. The molecule has 1 aliphatic rings. The maximum Gasteiger partial charge on any atom is 0.242 e. The number of carbonyl (C=O) groups excluding carboxylic acids is 1. The summed E-state index contributed by atoms with van der Waals surface area (Å²) in [7, 11) is 3.50. The third kappa shape index (κ3) is 4.49. The lowest BCUT2D eigenvalue weighted by atomic mass is 10.2. The van der Waals surface area contributed by atoms with Gasteiger partial charge >= 0.3 is 0 Å². The molecule has 2 heterocycles. The highest BCUT2D eigenvalue weighted by Gasteiger charge is 2.28. The van der Waals surface area contributed by atoms with Crippen molar-refractivity contribution in [3.63, 3.8) is 0 Å². The Balaban J connectivity index is 1.27. The second-order valence-electron chi connectivity index (χ2n) is 7.48. The van der Waals surface area contributed by atoms with E-state index in [0.717, 1.165) is 26.9 Å². The number of ether oxygens (including phenoxy) is 2. The molecule has 0 saturated heterocycles. The molecule has 0 radical (unpaired) electrons. The summed E-state index contributed by atoms with van der Waals surface area (Å²) in [5, 5.41) is 9.16. The molecule has 0 saturated carbocycles. The molecule has 9 heteroatoms. The van der Waals surface area contributed by atoms with Crippen molar-refractivity contribution >= 4 is 40.8 Å². The molecule has 0 aliphatic carbocycles. The summed E-state index contributed by atoms with van der Waals surface area (Å²) < 4.78 is 12.8. The van der Waals surface area contributed by atoms with E-state index in [0.29, 0.717) is 16.7 Å². The van der Waals surface area contributed by atoms with Gasteiger partial charge in [0.15, 0.2) is 11.0 Å². The molecule has 1 aliphatic heterocycles. The van der Waals surface area contributed by atoms with Crippen molar-refractivity contribution < 1.29 is 14.3 Å². The van der Waals surface area contributed by atoms with Crippen LogP contribution >= 0.6 is 23.5 Å². The van der Waals surface area contributed by atoms with Crippen LogP contribution in [0.5, 0.6) is 11.5 Å². The van der Waals surface area contributed by atoms with Crippen molar-refractivity contribution in [1.82, 2.24) is 14.8 Å². The number of amides is 1. The number of methoxy groups -OCH3 is 1. The first-order valence-corrected chi connectivity index (χ1v) is 12.4. The van der Waals surface area contributed by atoms with Crippen LogP contribution < -0.4 is 14.4 Å². The molecule has 0 N–H and O–H groups in total. The summed E-state index contributed by atoms with van der Waals surface area (Å²) in [6, 6.07) is 23.3. The molecule has 5 rings (SSSR count). The highest BCUT2D eigenvalue weighted by molar-refractivity contribution is 8.00. The van der Waals surface area contributed by atoms with Gasteiger partial charge in [0.2, 0.25) is 5.91 Å². The highest BCUT2D eigenvalue weighted by Crippen LogP contribution is 2.48. The Labute approximate surface area is 206 Å². The van der Waals surface area contributed by atoms with Gasteiger partial charge in [-0.3, -0.25) is 9.69 Å². The predicted molar refractivity (Wildman–Crippen MR) is 133 cm³/mol. The first-order chi connectivity index (χ1) is 16.6. The standard InChI is InChI=1S/C25H22N4O3S2/c1-28-23(15-32-18-13-11-17(31-2)12-14-18)26-27-25(28)33-16-24(30)29-19-7-3-5-9-21(19)34-22-10-6-4-8-20(22)29/h3-14H,15-16H2,1-2H3. The van der Waals surface area contributed by atoms with Gasteiger partial charge in [-0.05, 0) is 48.5 Å². The largest absolute Gasteiger partial charge is 0.497 e. The second kappa shape index (κ2) is 9.82. The zero-order valence-electron chi connectivity index (χ0n) is 18.7. The van der Waals surface area contributed by atoms with Gasteiger partial charge in [0.25, 0.3) is 0 Å². The lowest BCUT2D eigenvalue weighted by Gasteiger charge is -2.30. The Hall–Kier alpha value is -3.43. The molecular formula is C25H22N4O3S2. The summed E-state index contributed by atoms with van der Waals surface area (Å²) in [5.74, 6) is 2.39. The average molecular weight is 491 g/mol. The number of thioether (sulfide) groups is 1. The van der Waals surface area contributed by atoms with Gasteiger partial charge in [-0.1, -0.05) is 47.8 Å². The van der Waals surface area contributed by atoms with Crippen molar-refractivity contribution in [1.29, 1.82) is 0 Å². The molecule has 7 nitrogen and oxygen atoms in total. The average Bonchev–Trinajstić information content (AvgIpc) is 3.23. The molecule has 0 bridgehead atoms. The molecular weight excluding hydrogens is 468 g/mol. The van der Waals surface area contributed by atoms with Crippen LogP contribution in [0.25, 0.3) is 0 Å². The van der Waals surface area contributed by atoms with E-state index >= 15 is 0 Å².